The van der Waals surface area contributed by atoms with Crippen LogP contribution in [0.15, 0.2) is 0 Å². The molecule has 7 nitrogen and oxygen atoms in total. The predicted octanol–water partition coefficient (Wildman–Crippen LogP) is -1.97. The van der Waals surface area contributed by atoms with Gasteiger partial charge in [0.25, 0.3) is 0 Å². The summed E-state index contributed by atoms with van der Waals surface area (Å²) in [7, 11) is 0.679. The van der Waals surface area contributed by atoms with Crippen LogP contribution in [0.5, 0.6) is 0 Å². The number of nitrogens with one attached hydrogen (secondary N) is 1. The first-order valence-corrected chi connectivity index (χ1v) is 5.18. The average molecular weight is 245 g/mol. The fraction of sp³-hybridized carbons (Fsp3) is 0.778. The summed E-state index contributed by atoms with van der Waals surface area (Å²) < 4.78 is 13.9. The molecule has 1 heterocycles. The number of rotatable bonds is 5. The van der Waals surface area contributed by atoms with Crippen LogP contribution in [0.4, 0.5) is 0 Å². The summed E-state index contributed by atoms with van der Waals surface area (Å²) in [5, 5.41) is 19.4. The van der Waals surface area contributed by atoms with Gasteiger partial charge in [0.1, 0.15) is 0 Å². The standard InChI is InChI=1S/C5H6O3.C4H10BNO3/c1-3-2-4(6)8-5(3)7;7-1-4(2-8)6-3-5-9/h3H,2H2,1H3;4,6-8H,1-3H2. The molecule has 0 radical (unpaired) electrons. The van der Waals surface area contributed by atoms with E-state index in [9.17, 15) is 14.3 Å². The van der Waals surface area contributed by atoms with Gasteiger partial charge >= 0.3 is 65.0 Å². The Bertz CT molecular complexity index is 268. The summed E-state index contributed by atoms with van der Waals surface area (Å²) in [6, 6.07) is -0.366. The average Bonchev–Trinajstić information content (AvgIpc) is 2.59. The van der Waals surface area contributed by atoms with Gasteiger partial charge in [-0.15, -0.1) is 0 Å². The quantitative estimate of drug-likeness (QED) is 0.292. The molecule has 1 atom stereocenters. The summed E-state index contributed by atoms with van der Waals surface area (Å²) in [4.78, 5) is 20.6. The van der Waals surface area contributed by atoms with Crippen LogP contribution in [0.1, 0.15) is 13.3 Å². The summed E-state index contributed by atoms with van der Waals surface area (Å²) >= 11 is 0. The van der Waals surface area contributed by atoms with Crippen molar-refractivity contribution in [3.05, 3.63) is 0 Å². The molecule has 1 fully saturated rings. The molecule has 0 bridgehead atoms. The van der Waals surface area contributed by atoms with E-state index in [2.05, 4.69) is 10.1 Å². The molecule has 1 aliphatic rings. The molecule has 0 aliphatic carbocycles. The van der Waals surface area contributed by atoms with Crippen LogP contribution < -0.4 is 5.32 Å². The number of hydrogen-bond acceptors (Lipinski definition) is 7. The molecule has 0 spiro atoms. The fourth-order valence-corrected chi connectivity index (χ4v) is 0.989. The molecule has 96 valence electrons. The maximum atomic E-state index is 10.3. The molecule has 3 N–H and O–H groups in total. The zero-order valence-corrected chi connectivity index (χ0v) is 9.59. The zero-order valence-electron chi connectivity index (χ0n) is 9.59. The third-order valence-electron chi connectivity index (χ3n) is 2.02. The second-order valence-electron chi connectivity index (χ2n) is 3.54. The molecule has 0 aromatic rings. The van der Waals surface area contributed by atoms with Crippen molar-refractivity contribution in [3.63, 3.8) is 0 Å². The Morgan fingerprint density at radius 1 is 1.47 bits per heavy atom. The minimum atomic E-state index is -0.400. The first-order valence-electron chi connectivity index (χ1n) is 5.18. The minimum absolute atomic E-state index is 0.148. The number of carbonyl (C=O) groups excluding carboxylic acids is 2. The second kappa shape index (κ2) is 8.97. The topological polar surface area (TPSA) is 113 Å². The van der Waals surface area contributed by atoms with Crippen LogP contribution in [0.2, 0.25) is 0 Å². The van der Waals surface area contributed by atoms with Gasteiger partial charge in [0, 0.05) is 0 Å². The Labute approximate surface area is 99.4 Å². The molecule has 1 saturated heterocycles. The maximum absolute atomic E-state index is 10.3. The SMILES string of the molecule is CC1CC(=O)OC1=O.O=BCNC(CO)CO. The van der Waals surface area contributed by atoms with E-state index in [-0.39, 0.29) is 38.0 Å². The van der Waals surface area contributed by atoms with Gasteiger partial charge in [-0.25, -0.2) is 0 Å². The number of hydrogen-bond donors (Lipinski definition) is 3. The predicted molar refractivity (Wildman–Crippen MR) is 57.3 cm³/mol. The number of esters is 2. The summed E-state index contributed by atoms with van der Waals surface area (Å²) in [6.45, 7) is 1.38. The first kappa shape index (κ1) is 15.9. The molecule has 17 heavy (non-hydrogen) atoms. The number of aliphatic hydroxyl groups is 2. The summed E-state index contributed by atoms with van der Waals surface area (Å²) in [6.07, 6.45) is 0.421. The van der Waals surface area contributed by atoms with Gasteiger partial charge in [-0.2, -0.15) is 0 Å². The fourth-order valence-electron chi connectivity index (χ4n) is 0.989. The normalized spacial score (nSPS) is 18.5. The molecule has 1 rings (SSSR count). The van der Waals surface area contributed by atoms with Gasteiger partial charge in [0.05, 0.1) is 12.3 Å². The molecule has 8 heteroatoms. The third kappa shape index (κ3) is 6.93. The number of carbonyl (C=O) groups is 2. The Hall–Kier alpha value is -1.12. The number of ether oxygens (including phenoxy) is 1. The van der Waals surface area contributed by atoms with Gasteiger partial charge in [0.15, 0.2) is 0 Å². The van der Waals surface area contributed by atoms with E-state index in [4.69, 9.17) is 10.2 Å². The molecule has 1 aliphatic heterocycles. The van der Waals surface area contributed by atoms with Crippen LogP contribution >= 0.6 is 0 Å². The number of aliphatic hydroxyl groups excluding tert-OH is 2. The van der Waals surface area contributed by atoms with Crippen molar-refractivity contribution in [2.45, 2.75) is 19.4 Å². The van der Waals surface area contributed by atoms with Gasteiger partial charge in [-0.05, 0) is 0 Å². The molecule has 0 saturated carbocycles. The Morgan fingerprint density at radius 2 is 2.06 bits per heavy atom. The van der Waals surface area contributed by atoms with Crippen molar-refractivity contribution in [1.82, 2.24) is 5.32 Å². The van der Waals surface area contributed by atoms with Crippen molar-refractivity contribution in [2.24, 2.45) is 5.92 Å². The van der Waals surface area contributed by atoms with Crippen molar-refractivity contribution in [1.29, 1.82) is 0 Å². The van der Waals surface area contributed by atoms with E-state index in [1.165, 1.54) is 0 Å². The molecular formula is C9H16BNO6. The van der Waals surface area contributed by atoms with Crippen LogP contribution in [-0.4, -0.2) is 55.0 Å². The van der Waals surface area contributed by atoms with E-state index in [0.717, 1.165) is 0 Å². The number of cyclic esters (lactones) is 2. The Balaban J connectivity index is 0.000000302. The van der Waals surface area contributed by atoms with Crippen molar-refractivity contribution >= 4 is 19.1 Å². The van der Waals surface area contributed by atoms with E-state index >= 15 is 0 Å². The van der Waals surface area contributed by atoms with E-state index in [1.54, 1.807) is 6.92 Å². The van der Waals surface area contributed by atoms with Crippen LogP contribution in [-0.2, 0) is 19.0 Å². The van der Waals surface area contributed by atoms with Gasteiger partial charge < -0.3 is 4.74 Å². The molecule has 0 aromatic heterocycles. The van der Waals surface area contributed by atoms with Crippen molar-refractivity contribution in [2.75, 3.05) is 19.7 Å². The Kier molecular flexibility index (Phi) is 8.38. The van der Waals surface area contributed by atoms with Crippen molar-refractivity contribution in [3.8, 4) is 0 Å². The van der Waals surface area contributed by atoms with Gasteiger partial charge in [0.2, 0.25) is 0 Å². The van der Waals surface area contributed by atoms with E-state index in [0.29, 0.717) is 7.15 Å². The van der Waals surface area contributed by atoms with Crippen LogP contribution in [0.3, 0.4) is 0 Å². The first-order chi connectivity index (χ1) is 8.04. The van der Waals surface area contributed by atoms with Crippen LogP contribution in [0.25, 0.3) is 0 Å². The van der Waals surface area contributed by atoms with Gasteiger partial charge in [-0.3, -0.25) is 9.59 Å². The molecule has 1 unspecified atom stereocenters. The third-order valence-corrected chi connectivity index (χ3v) is 2.02. The van der Waals surface area contributed by atoms with Gasteiger partial charge in [-0.1, -0.05) is 6.92 Å². The second-order valence-corrected chi connectivity index (χ2v) is 3.54. The Morgan fingerprint density at radius 3 is 2.29 bits per heavy atom. The van der Waals surface area contributed by atoms with Crippen molar-refractivity contribution < 1.29 is 29.2 Å². The summed E-state index contributed by atoms with van der Waals surface area (Å²) in [5.74, 6) is -1.01. The van der Waals surface area contributed by atoms with E-state index in [1.807, 2.05) is 0 Å². The van der Waals surface area contributed by atoms with E-state index < -0.39 is 11.9 Å². The zero-order chi connectivity index (χ0) is 13.3. The summed E-state index contributed by atoms with van der Waals surface area (Å²) in [5.41, 5.74) is 0. The molecule has 0 aromatic carbocycles. The van der Waals surface area contributed by atoms with Crippen LogP contribution in [0, 0.1) is 5.92 Å². The molecular weight excluding hydrogens is 229 g/mol. The molecule has 0 amide bonds. The monoisotopic (exact) mass is 245 g/mol.